The van der Waals surface area contributed by atoms with Gasteiger partial charge in [-0.05, 0) is 63.3 Å². The number of likely N-dealkylation sites (N-methyl/N-ethyl adjacent to an activating group) is 1. The van der Waals surface area contributed by atoms with Gasteiger partial charge in [-0.15, -0.1) is 0 Å². The lowest BCUT2D eigenvalue weighted by molar-refractivity contribution is 0.197. The maximum absolute atomic E-state index is 5.77. The van der Waals surface area contributed by atoms with Crippen LogP contribution in [0.2, 0.25) is 0 Å². The molecule has 130 valence electrons. The highest BCUT2D eigenvalue weighted by molar-refractivity contribution is 9.10. The van der Waals surface area contributed by atoms with Gasteiger partial charge in [0.05, 0.1) is 6.67 Å². The molecule has 0 saturated heterocycles. The van der Waals surface area contributed by atoms with Gasteiger partial charge in [-0.1, -0.05) is 15.9 Å². The second kappa shape index (κ2) is 7.80. The Balaban J connectivity index is 1.54. The lowest BCUT2D eigenvalue weighted by Gasteiger charge is -2.16. The van der Waals surface area contributed by atoms with Crippen LogP contribution in [0.3, 0.4) is 0 Å². The van der Waals surface area contributed by atoms with Crippen LogP contribution in [0.25, 0.3) is 0 Å². The van der Waals surface area contributed by atoms with E-state index in [9.17, 15) is 0 Å². The minimum atomic E-state index is 0.610. The van der Waals surface area contributed by atoms with Gasteiger partial charge in [0, 0.05) is 23.5 Å². The first-order valence-corrected chi connectivity index (χ1v) is 9.53. The van der Waals surface area contributed by atoms with E-state index in [0.717, 1.165) is 33.9 Å². The Hall–Kier alpha value is -1.18. The standard InChI is InChI=1S/C17H23BrN4OS/c1-3-21-16(13-4-5-13)19-22(17(21)24)12-20(2)10-11-23-15-8-6-14(18)7-9-15/h6-9,13H,3-5,10-12H2,1-2H3. The molecule has 0 radical (unpaired) electrons. The van der Waals surface area contributed by atoms with Gasteiger partial charge in [0.25, 0.3) is 0 Å². The Labute approximate surface area is 156 Å². The summed E-state index contributed by atoms with van der Waals surface area (Å²) in [6.07, 6.45) is 2.48. The molecule has 1 fully saturated rings. The fourth-order valence-electron chi connectivity index (χ4n) is 2.64. The van der Waals surface area contributed by atoms with Crippen molar-refractivity contribution < 1.29 is 4.74 Å². The summed E-state index contributed by atoms with van der Waals surface area (Å²) in [5.74, 6) is 2.65. The maximum atomic E-state index is 5.77. The molecule has 1 aliphatic carbocycles. The van der Waals surface area contributed by atoms with Crippen LogP contribution in [0, 0.1) is 4.77 Å². The Morgan fingerprint density at radius 1 is 1.33 bits per heavy atom. The summed E-state index contributed by atoms with van der Waals surface area (Å²) in [7, 11) is 2.06. The monoisotopic (exact) mass is 410 g/mol. The molecule has 0 atom stereocenters. The quantitative estimate of drug-likeness (QED) is 0.615. The van der Waals surface area contributed by atoms with E-state index in [4.69, 9.17) is 22.1 Å². The van der Waals surface area contributed by atoms with Gasteiger partial charge in [-0.3, -0.25) is 4.90 Å². The normalized spacial score (nSPS) is 14.3. The van der Waals surface area contributed by atoms with Gasteiger partial charge in [-0.25, -0.2) is 4.68 Å². The topological polar surface area (TPSA) is 35.2 Å². The highest BCUT2D eigenvalue weighted by Crippen LogP contribution is 2.39. The molecule has 1 heterocycles. The van der Waals surface area contributed by atoms with Gasteiger partial charge in [0.2, 0.25) is 0 Å². The Morgan fingerprint density at radius 2 is 2.04 bits per heavy atom. The Morgan fingerprint density at radius 3 is 2.67 bits per heavy atom. The summed E-state index contributed by atoms with van der Waals surface area (Å²) in [5, 5.41) is 4.75. The Kier molecular flexibility index (Phi) is 5.73. The van der Waals surface area contributed by atoms with Crippen molar-refractivity contribution in [1.29, 1.82) is 0 Å². The fourth-order valence-corrected chi connectivity index (χ4v) is 3.23. The van der Waals surface area contributed by atoms with Crippen LogP contribution in [0.1, 0.15) is 31.5 Å². The average molecular weight is 411 g/mol. The molecular weight excluding hydrogens is 388 g/mol. The molecule has 0 amide bonds. The number of hydrogen-bond donors (Lipinski definition) is 0. The van der Waals surface area contributed by atoms with Gasteiger partial charge in [0.1, 0.15) is 18.2 Å². The van der Waals surface area contributed by atoms with Crippen molar-refractivity contribution >= 4 is 28.1 Å². The van der Waals surface area contributed by atoms with E-state index in [1.165, 1.54) is 12.8 Å². The number of halogens is 1. The van der Waals surface area contributed by atoms with Crippen molar-refractivity contribution in [3.8, 4) is 5.75 Å². The van der Waals surface area contributed by atoms with Gasteiger partial charge >= 0.3 is 0 Å². The molecule has 0 unspecified atom stereocenters. The number of benzene rings is 1. The van der Waals surface area contributed by atoms with E-state index in [0.29, 0.717) is 19.2 Å². The van der Waals surface area contributed by atoms with E-state index >= 15 is 0 Å². The van der Waals surface area contributed by atoms with Crippen LogP contribution in [-0.2, 0) is 13.2 Å². The summed E-state index contributed by atoms with van der Waals surface area (Å²) in [5.41, 5.74) is 0. The van der Waals surface area contributed by atoms with Crippen LogP contribution in [0.4, 0.5) is 0 Å². The molecule has 1 aromatic carbocycles. The number of hydrogen-bond acceptors (Lipinski definition) is 4. The molecule has 24 heavy (non-hydrogen) atoms. The summed E-state index contributed by atoms with van der Waals surface area (Å²) in [6, 6.07) is 7.89. The van der Waals surface area contributed by atoms with Crippen molar-refractivity contribution in [3.63, 3.8) is 0 Å². The van der Waals surface area contributed by atoms with Crippen molar-refractivity contribution in [3.05, 3.63) is 39.3 Å². The van der Waals surface area contributed by atoms with Crippen molar-refractivity contribution in [2.75, 3.05) is 20.2 Å². The SMILES string of the molecule is CCn1c(C2CC2)nn(CN(C)CCOc2ccc(Br)cc2)c1=S. The molecule has 0 N–H and O–H groups in total. The van der Waals surface area contributed by atoms with Crippen LogP contribution < -0.4 is 4.74 Å². The third-order valence-corrected chi connectivity index (χ3v) is 5.10. The number of ether oxygens (including phenoxy) is 1. The molecule has 0 spiro atoms. The predicted molar refractivity (Wildman–Crippen MR) is 101 cm³/mol. The highest BCUT2D eigenvalue weighted by Gasteiger charge is 2.29. The molecular formula is C17H23BrN4OS. The first kappa shape index (κ1) is 17.6. The molecule has 0 aliphatic heterocycles. The zero-order valence-corrected chi connectivity index (χ0v) is 16.5. The second-order valence-corrected chi connectivity index (χ2v) is 7.46. The molecule has 1 saturated carbocycles. The highest BCUT2D eigenvalue weighted by atomic mass is 79.9. The first-order chi connectivity index (χ1) is 11.6. The van der Waals surface area contributed by atoms with E-state index in [1.54, 1.807) is 0 Å². The molecule has 7 heteroatoms. The number of aromatic nitrogens is 3. The van der Waals surface area contributed by atoms with E-state index in [-0.39, 0.29) is 0 Å². The minimum absolute atomic E-state index is 0.610. The fraction of sp³-hybridized carbons (Fsp3) is 0.529. The summed E-state index contributed by atoms with van der Waals surface area (Å²) >= 11 is 9.00. The van der Waals surface area contributed by atoms with Crippen molar-refractivity contribution in [2.45, 2.75) is 38.9 Å². The van der Waals surface area contributed by atoms with Crippen molar-refractivity contribution in [2.24, 2.45) is 0 Å². The maximum Gasteiger partial charge on any atom is 0.199 e. The number of nitrogens with zero attached hydrogens (tertiary/aromatic N) is 4. The molecule has 3 rings (SSSR count). The smallest absolute Gasteiger partial charge is 0.199 e. The molecule has 0 bridgehead atoms. The van der Waals surface area contributed by atoms with Crippen molar-refractivity contribution in [1.82, 2.24) is 19.2 Å². The molecule has 1 aromatic heterocycles. The van der Waals surface area contributed by atoms with E-state index in [1.807, 2.05) is 28.9 Å². The third-order valence-electron chi connectivity index (χ3n) is 4.14. The van der Waals surface area contributed by atoms with Gasteiger partial charge in [-0.2, -0.15) is 5.10 Å². The lowest BCUT2D eigenvalue weighted by atomic mass is 10.3. The summed E-state index contributed by atoms with van der Waals surface area (Å²) in [6.45, 7) is 5.16. The predicted octanol–water partition coefficient (Wildman–Crippen LogP) is 4.04. The van der Waals surface area contributed by atoms with Gasteiger partial charge < -0.3 is 9.30 Å². The zero-order chi connectivity index (χ0) is 17.1. The Bertz CT molecular complexity index is 736. The minimum Gasteiger partial charge on any atom is -0.492 e. The van der Waals surface area contributed by atoms with Crippen LogP contribution in [0.5, 0.6) is 5.75 Å². The van der Waals surface area contributed by atoms with Crippen LogP contribution >= 0.6 is 28.1 Å². The molecule has 5 nitrogen and oxygen atoms in total. The second-order valence-electron chi connectivity index (χ2n) is 6.18. The number of rotatable bonds is 8. The van der Waals surface area contributed by atoms with Gasteiger partial charge in [0.15, 0.2) is 4.77 Å². The molecule has 2 aromatic rings. The largest absolute Gasteiger partial charge is 0.492 e. The molecule has 1 aliphatic rings. The zero-order valence-electron chi connectivity index (χ0n) is 14.1. The average Bonchev–Trinajstić information content (AvgIpc) is 3.36. The van der Waals surface area contributed by atoms with Crippen LogP contribution in [0.15, 0.2) is 28.7 Å². The third kappa shape index (κ3) is 4.26. The van der Waals surface area contributed by atoms with Crippen LogP contribution in [-0.4, -0.2) is 39.4 Å². The lowest BCUT2D eigenvalue weighted by Crippen LogP contribution is -2.27. The first-order valence-electron chi connectivity index (χ1n) is 8.33. The van der Waals surface area contributed by atoms with E-state index < -0.39 is 0 Å². The summed E-state index contributed by atoms with van der Waals surface area (Å²) < 4.78 is 11.8. The van der Waals surface area contributed by atoms with E-state index in [2.05, 4.69) is 39.4 Å². The summed E-state index contributed by atoms with van der Waals surface area (Å²) in [4.78, 5) is 2.18.